The van der Waals surface area contributed by atoms with E-state index in [0.717, 1.165) is 44.5 Å². The first-order valence-electron chi connectivity index (χ1n) is 10.7. The second kappa shape index (κ2) is 8.83. The Labute approximate surface area is 192 Å². The van der Waals surface area contributed by atoms with E-state index in [4.69, 9.17) is 4.74 Å². The number of sulfonamides is 1. The molecule has 1 aliphatic carbocycles. The van der Waals surface area contributed by atoms with Gasteiger partial charge >= 0.3 is 0 Å². The van der Waals surface area contributed by atoms with Gasteiger partial charge in [-0.15, -0.1) is 5.10 Å². The molecular formula is C22H25N7O3S. The fourth-order valence-electron chi connectivity index (χ4n) is 3.93. The molecule has 1 fully saturated rings. The molecule has 1 saturated heterocycles. The highest BCUT2D eigenvalue weighted by Gasteiger charge is 2.18. The summed E-state index contributed by atoms with van der Waals surface area (Å²) >= 11 is 0. The SMILES string of the molecule is CS(=O)(=O)Nc1ccc(-c2nccn3nc(NC4C=CC(N5CCOCC5)=CC4)nc23)cc1. The normalized spacial score (nSPS) is 18.9. The highest BCUT2D eigenvalue weighted by atomic mass is 32.2. The third-order valence-corrected chi connectivity index (χ3v) is 6.09. The molecule has 11 heteroatoms. The number of rotatable bonds is 6. The van der Waals surface area contributed by atoms with Crippen LogP contribution in [0.4, 0.5) is 11.6 Å². The molecule has 5 rings (SSSR count). The van der Waals surface area contributed by atoms with Crippen molar-refractivity contribution >= 4 is 27.3 Å². The lowest BCUT2D eigenvalue weighted by Gasteiger charge is -2.31. The molecule has 3 heterocycles. The molecule has 0 radical (unpaired) electrons. The molecular weight excluding hydrogens is 442 g/mol. The smallest absolute Gasteiger partial charge is 0.243 e. The van der Waals surface area contributed by atoms with Crippen molar-refractivity contribution in [2.24, 2.45) is 0 Å². The summed E-state index contributed by atoms with van der Waals surface area (Å²) in [5.41, 5.74) is 3.82. The molecule has 172 valence electrons. The molecule has 1 atom stereocenters. The van der Waals surface area contributed by atoms with Crippen LogP contribution in [0.15, 0.2) is 60.6 Å². The van der Waals surface area contributed by atoms with Crippen LogP contribution in [0.5, 0.6) is 0 Å². The van der Waals surface area contributed by atoms with Gasteiger partial charge in [0.25, 0.3) is 0 Å². The van der Waals surface area contributed by atoms with Gasteiger partial charge in [-0.1, -0.05) is 24.3 Å². The lowest BCUT2D eigenvalue weighted by Crippen LogP contribution is -2.36. The fraction of sp³-hybridized carbons (Fsp3) is 0.318. The van der Waals surface area contributed by atoms with Crippen LogP contribution in [-0.2, 0) is 14.8 Å². The maximum atomic E-state index is 11.4. The predicted molar refractivity (Wildman–Crippen MR) is 126 cm³/mol. The van der Waals surface area contributed by atoms with E-state index in [-0.39, 0.29) is 6.04 Å². The molecule has 3 aromatic rings. The van der Waals surface area contributed by atoms with E-state index in [1.165, 1.54) is 5.70 Å². The van der Waals surface area contributed by atoms with Crippen LogP contribution < -0.4 is 10.0 Å². The zero-order valence-corrected chi connectivity index (χ0v) is 19.0. The summed E-state index contributed by atoms with van der Waals surface area (Å²) in [6, 6.07) is 7.11. The quantitative estimate of drug-likeness (QED) is 0.567. The number of benzene rings is 1. The average molecular weight is 468 g/mol. The second-order valence-corrected chi connectivity index (χ2v) is 9.75. The van der Waals surface area contributed by atoms with Gasteiger partial charge in [-0.3, -0.25) is 9.71 Å². The van der Waals surface area contributed by atoms with Crippen molar-refractivity contribution in [3.8, 4) is 11.3 Å². The van der Waals surface area contributed by atoms with Gasteiger partial charge < -0.3 is 15.0 Å². The van der Waals surface area contributed by atoms with Crippen molar-refractivity contribution in [1.82, 2.24) is 24.5 Å². The molecule has 0 bridgehead atoms. The van der Waals surface area contributed by atoms with Crippen LogP contribution in [-0.4, -0.2) is 71.5 Å². The van der Waals surface area contributed by atoms with Crippen molar-refractivity contribution in [3.05, 3.63) is 60.6 Å². The number of nitrogens with zero attached hydrogens (tertiary/aromatic N) is 5. The summed E-state index contributed by atoms with van der Waals surface area (Å²) in [6.45, 7) is 3.38. The lowest BCUT2D eigenvalue weighted by atomic mass is 10.1. The summed E-state index contributed by atoms with van der Waals surface area (Å²) in [6.07, 6.45) is 11.9. The summed E-state index contributed by atoms with van der Waals surface area (Å²) in [5.74, 6) is 0.525. The number of aromatic nitrogens is 4. The zero-order valence-electron chi connectivity index (χ0n) is 18.2. The van der Waals surface area contributed by atoms with Gasteiger partial charge in [-0.2, -0.15) is 4.98 Å². The zero-order chi connectivity index (χ0) is 22.8. The van der Waals surface area contributed by atoms with Crippen LogP contribution in [0.1, 0.15) is 6.42 Å². The number of anilines is 2. The molecule has 2 N–H and O–H groups in total. The van der Waals surface area contributed by atoms with E-state index < -0.39 is 10.0 Å². The van der Waals surface area contributed by atoms with Crippen LogP contribution in [0.25, 0.3) is 16.9 Å². The van der Waals surface area contributed by atoms with E-state index in [0.29, 0.717) is 23.0 Å². The number of allylic oxidation sites excluding steroid dienone is 1. The number of nitrogens with one attached hydrogen (secondary N) is 2. The van der Waals surface area contributed by atoms with E-state index >= 15 is 0 Å². The van der Waals surface area contributed by atoms with Crippen molar-refractivity contribution in [3.63, 3.8) is 0 Å². The van der Waals surface area contributed by atoms with Gasteiger partial charge in [0, 0.05) is 42.4 Å². The minimum absolute atomic E-state index is 0.102. The van der Waals surface area contributed by atoms with E-state index in [1.807, 2.05) is 0 Å². The Morgan fingerprint density at radius 3 is 2.64 bits per heavy atom. The summed E-state index contributed by atoms with van der Waals surface area (Å²) < 4.78 is 32.4. The Morgan fingerprint density at radius 1 is 1.15 bits per heavy atom. The third kappa shape index (κ3) is 4.99. The first-order chi connectivity index (χ1) is 15.9. The first kappa shape index (κ1) is 21.4. The number of morpholine rings is 1. The summed E-state index contributed by atoms with van der Waals surface area (Å²) in [5, 5.41) is 7.93. The second-order valence-electron chi connectivity index (χ2n) is 8.01. The summed E-state index contributed by atoms with van der Waals surface area (Å²) in [4.78, 5) is 11.5. The van der Waals surface area contributed by atoms with Crippen LogP contribution in [0.3, 0.4) is 0 Å². The highest BCUT2D eigenvalue weighted by Crippen LogP contribution is 2.24. The molecule has 2 aromatic heterocycles. The molecule has 2 aliphatic rings. The third-order valence-electron chi connectivity index (χ3n) is 5.49. The molecule has 0 amide bonds. The Balaban J connectivity index is 1.31. The maximum Gasteiger partial charge on any atom is 0.243 e. The molecule has 0 spiro atoms. The van der Waals surface area contributed by atoms with Crippen LogP contribution >= 0.6 is 0 Å². The number of hydrogen-bond donors (Lipinski definition) is 2. The number of fused-ring (bicyclic) bond motifs is 1. The Bertz CT molecular complexity index is 1310. The van der Waals surface area contributed by atoms with E-state index in [2.05, 4.69) is 48.2 Å². The monoisotopic (exact) mass is 467 g/mol. The Hall–Kier alpha value is -3.44. The van der Waals surface area contributed by atoms with Gasteiger partial charge in [0.15, 0.2) is 5.65 Å². The van der Waals surface area contributed by atoms with Gasteiger partial charge in [-0.25, -0.2) is 12.9 Å². The molecule has 33 heavy (non-hydrogen) atoms. The average Bonchev–Trinajstić information content (AvgIpc) is 3.22. The Kier molecular flexibility index (Phi) is 5.73. The van der Waals surface area contributed by atoms with Crippen LogP contribution in [0.2, 0.25) is 0 Å². The van der Waals surface area contributed by atoms with Gasteiger partial charge in [-0.05, 0) is 24.6 Å². The Morgan fingerprint density at radius 2 is 1.94 bits per heavy atom. The van der Waals surface area contributed by atoms with E-state index in [1.54, 1.807) is 41.2 Å². The molecule has 0 saturated carbocycles. The van der Waals surface area contributed by atoms with Crippen LogP contribution in [0, 0.1) is 0 Å². The van der Waals surface area contributed by atoms with Crippen molar-refractivity contribution in [2.45, 2.75) is 12.5 Å². The first-order valence-corrected chi connectivity index (χ1v) is 12.6. The largest absolute Gasteiger partial charge is 0.378 e. The van der Waals surface area contributed by atoms with Gasteiger partial charge in [0.2, 0.25) is 16.0 Å². The van der Waals surface area contributed by atoms with Gasteiger partial charge in [0.05, 0.1) is 25.5 Å². The van der Waals surface area contributed by atoms with Crippen molar-refractivity contribution in [2.75, 3.05) is 42.6 Å². The van der Waals surface area contributed by atoms with Gasteiger partial charge in [0.1, 0.15) is 5.69 Å². The highest BCUT2D eigenvalue weighted by molar-refractivity contribution is 7.92. The predicted octanol–water partition coefficient (Wildman–Crippen LogP) is 2.12. The minimum atomic E-state index is -3.33. The summed E-state index contributed by atoms with van der Waals surface area (Å²) in [7, 11) is -3.33. The standard InChI is InChI=1S/C22H25N7O3S/c1-33(30,31)27-18-4-2-16(3-5-18)20-21-25-22(26-29(21)11-10-23-20)24-17-6-8-19(9-7-17)28-12-14-32-15-13-28/h2-6,8-11,17,27H,7,12-15H2,1H3,(H,24,26). The van der Waals surface area contributed by atoms with E-state index in [9.17, 15) is 8.42 Å². The topological polar surface area (TPSA) is 114 Å². The lowest BCUT2D eigenvalue weighted by molar-refractivity contribution is 0.0551. The molecule has 1 unspecified atom stereocenters. The molecule has 10 nitrogen and oxygen atoms in total. The minimum Gasteiger partial charge on any atom is -0.378 e. The number of ether oxygens (including phenoxy) is 1. The molecule has 1 aliphatic heterocycles. The maximum absolute atomic E-state index is 11.4. The molecule has 1 aromatic carbocycles. The fourth-order valence-corrected chi connectivity index (χ4v) is 4.49. The number of hydrogen-bond acceptors (Lipinski definition) is 8. The van der Waals surface area contributed by atoms with Crippen molar-refractivity contribution < 1.29 is 13.2 Å². The van der Waals surface area contributed by atoms with Crippen molar-refractivity contribution in [1.29, 1.82) is 0 Å².